The summed E-state index contributed by atoms with van der Waals surface area (Å²) in [7, 11) is 0. The molecule has 4 N–H and O–H groups in total. The number of hydrogen-bond donors (Lipinski definition) is 3. The summed E-state index contributed by atoms with van der Waals surface area (Å²) >= 11 is 6.00. The highest BCUT2D eigenvalue weighted by atomic mass is 35.5. The van der Waals surface area contributed by atoms with Gasteiger partial charge in [-0.05, 0) is 43.7 Å². The summed E-state index contributed by atoms with van der Waals surface area (Å²) in [5, 5.41) is 5.94. The van der Waals surface area contributed by atoms with Gasteiger partial charge in [-0.25, -0.2) is 4.79 Å². The molecule has 1 aliphatic heterocycles. The van der Waals surface area contributed by atoms with Gasteiger partial charge in [-0.2, -0.15) is 0 Å². The molecule has 0 spiro atoms. The third-order valence-corrected chi connectivity index (χ3v) is 5.20. The SMILES string of the molecule is Cc1ccc(C(=O)N2CCCN(C(=O)Nc3cccc(Cl)c3)C2C(=O)NCCN)cc1. The number of anilines is 1. The van der Waals surface area contributed by atoms with E-state index in [2.05, 4.69) is 10.6 Å². The van der Waals surface area contributed by atoms with Crippen LogP contribution in [0.2, 0.25) is 5.02 Å². The average Bonchev–Trinajstić information content (AvgIpc) is 2.77. The van der Waals surface area contributed by atoms with Crippen LogP contribution in [0.5, 0.6) is 0 Å². The molecule has 1 atom stereocenters. The van der Waals surface area contributed by atoms with Gasteiger partial charge < -0.3 is 21.3 Å². The second-order valence-corrected chi connectivity index (χ2v) is 7.74. The molecule has 0 aliphatic carbocycles. The smallest absolute Gasteiger partial charge is 0.323 e. The van der Waals surface area contributed by atoms with Gasteiger partial charge in [-0.15, -0.1) is 0 Å². The van der Waals surface area contributed by atoms with Gasteiger partial charge in [-0.1, -0.05) is 35.4 Å². The number of aryl methyl sites for hydroxylation is 1. The number of carbonyl (C=O) groups excluding carboxylic acids is 3. The monoisotopic (exact) mass is 443 g/mol. The van der Waals surface area contributed by atoms with Gasteiger partial charge in [0.05, 0.1) is 0 Å². The highest BCUT2D eigenvalue weighted by Gasteiger charge is 2.40. The fourth-order valence-electron chi connectivity index (χ4n) is 3.44. The molecule has 1 saturated heterocycles. The molecule has 1 unspecified atom stereocenters. The molecule has 31 heavy (non-hydrogen) atoms. The van der Waals surface area contributed by atoms with Gasteiger partial charge in [0, 0.05) is 42.5 Å². The van der Waals surface area contributed by atoms with Crippen LogP contribution in [0.4, 0.5) is 10.5 Å². The largest absolute Gasteiger partial charge is 0.351 e. The summed E-state index contributed by atoms with van der Waals surface area (Å²) < 4.78 is 0. The van der Waals surface area contributed by atoms with Crippen molar-refractivity contribution >= 4 is 35.1 Å². The van der Waals surface area contributed by atoms with Crippen molar-refractivity contribution in [1.82, 2.24) is 15.1 Å². The molecule has 8 nitrogen and oxygen atoms in total. The van der Waals surface area contributed by atoms with Crippen LogP contribution in [0.15, 0.2) is 48.5 Å². The van der Waals surface area contributed by atoms with Crippen molar-refractivity contribution in [3.63, 3.8) is 0 Å². The number of hydrogen-bond acceptors (Lipinski definition) is 4. The van der Waals surface area contributed by atoms with E-state index in [-0.39, 0.29) is 19.0 Å². The van der Waals surface area contributed by atoms with Crippen LogP contribution in [0.1, 0.15) is 22.3 Å². The second-order valence-electron chi connectivity index (χ2n) is 7.31. The van der Waals surface area contributed by atoms with Gasteiger partial charge in [0.15, 0.2) is 6.17 Å². The van der Waals surface area contributed by atoms with E-state index in [0.29, 0.717) is 35.8 Å². The molecule has 1 heterocycles. The summed E-state index contributed by atoms with van der Waals surface area (Å²) in [6.07, 6.45) is -0.547. The molecule has 2 aromatic rings. The summed E-state index contributed by atoms with van der Waals surface area (Å²) in [5.41, 5.74) is 7.50. The fraction of sp³-hybridized carbons (Fsp3) is 0.318. The molecule has 0 bridgehead atoms. The molecular formula is C22H26ClN5O3. The Morgan fingerprint density at radius 1 is 1.10 bits per heavy atom. The molecule has 9 heteroatoms. The third kappa shape index (κ3) is 5.53. The van der Waals surface area contributed by atoms with Crippen molar-refractivity contribution in [1.29, 1.82) is 0 Å². The summed E-state index contributed by atoms with van der Waals surface area (Å²) in [4.78, 5) is 42.0. The maximum Gasteiger partial charge on any atom is 0.323 e. The highest BCUT2D eigenvalue weighted by molar-refractivity contribution is 6.30. The Morgan fingerprint density at radius 2 is 1.81 bits per heavy atom. The van der Waals surface area contributed by atoms with Crippen LogP contribution >= 0.6 is 11.6 Å². The van der Waals surface area contributed by atoms with Gasteiger partial charge in [-0.3, -0.25) is 14.5 Å². The van der Waals surface area contributed by atoms with E-state index >= 15 is 0 Å². The number of carbonyl (C=O) groups is 3. The number of nitrogens with two attached hydrogens (primary N) is 1. The molecular weight excluding hydrogens is 418 g/mol. The molecule has 2 aromatic carbocycles. The molecule has 3 rings (SSSR count). The average molecular weight is 444 g/mol. The molecule has 0 radical (unpaired) electrons. The van der Waals surface area contributed by atoms with Crippen molar-refractivity contribution in [2.45, 2.75) is 19.5 Å². The number of halogens is 1. The van der Waals surface area contributed by atoms with E-state index in [0.717, 1.165) is 5.56 Å². The van der Waals surface area contributed by atoms with Crippen molar-refractivity contribution in [2.24, 2.45) is 5.73 Å². The minimum absolute atomic E-state index is 0.242. The number of nitrogens with zero attached hydrogens (tertiary/aromatic N) is 2. The Kier molecular flexibility index (Phi) is 7.49. The maximum absolute atomic E-state index is 13.2. The molecule has 0 saturated carbocycles. The van der Waals surface area contributed by atoms with E-state index in [1.807, 2.05) is 19.1 Å². The lowest BCUT2D eigenvalue weighted by Crippen LogP contribution is -2.64. The minimum atomic E-state index is -1.09. The Balaban J connectivity index is 1.87. The van der Waals surface area contributed by atoms with Crippen molar-refractivity contribution < 1.29 is 14.4 Å². The Hall–Kier alpha value is -3.10. The summed E-state index contributed by atoms with van der Waals surface area (Å²) in [5.74, 6) is -0.764. The van der Waals surface area contributed by atoms with E-state index < -0.39 is 18.1 Å². The second kappa shape index (κ2) is 10.3. The number of rotatable bonds is 5. The maximum atomic E-state index is 13.2. The topological polar surface area (TPSA) is 108 Å². The van der Waals surface area contributed by atoms with Crippen molar-refractivity contribution in [2.75, 3.05) is 31.5 Å². The minimum Gasteiger partial charge on any atom is -0.351 e. The first-order valence-electron chi connectivity index (χ1n) is 10.1. The van der Waals surface area contributed by atoms with Crippen molar-refractivity contribution in [3.05, 3.63) is 64.7 Å². The molecule has 1 aliphatic rings. The lowest BCUT2D eigenvalue weighted by atomic mass is 10.1. The number of benzene rings is 2. The standard InChI is InChI=1S/C22H26ClN5O3/c1-15-6-8-16(9-7-15)21(30)27-12-3-13-28(20(27)19(29)25-11-10-24)22(31)26-18-5-2-4-17(23)14-18/h2,4-9,14,20H,3,10-13,24H2,1H3,(H,25,29)(H,26,31). The zero-order chi connectivity index (χ0) is 22.4. The Bertz CT molecular complexity index is 950. The molecule has 164 valence electrons. The normalized spacial score (nSPS) is 16.0. The predicted molar refractivity (Wildman–Crippen MR) is 120 cm³/mol. The van der Waals surface area contributed by atoms with Crippen LogP contribution < -0.4 is 16.4 Å². The first kappa shape index (κ1) is 22.6. The van der Waals surface area contributed by atoms with E-state index in [9.17, 15) is 14.4 Å². The van der Waals surface area contributed by atoms with E-state index in [1.54, 1.807) is 36.4 Å². The zero-order valence-corrected chi connectivity index (χ0v) is 18.1. The predicted octanol–water partition coefficient (Wildman–Crippen LogP) is 2.43. The first-order chi connectivity index (χ1) is 14.9. The van der Waals surface area contributed by atoms with Crippen LogP contribution in [0, 0.1) is 6.92 Å². The van der Waals surface area contributed by atoms with Gasteiger partial charge in [0.1, 0.15) is 0 Å². The first-order valence-corrected chi connectivity index (χ1v) is 10.5. The van der Waals surface area contributed by atoms with Gasteiger partial charge in [0.25, 0.3) is 11.8 Å². The van der Waals surface area contributed by atoms with Gasteiger partial charge in [0.2, 0.25) is 0 Å². The van der Waals surface area contributed by atoms with E-state index in [1.165, 1.54) is 9.80 Å². The number of amides is 4. The molecule has 1 fully saturated rings. The van der Waals surface area contributed by atoms with Crippen LogP contribution in [-0.2, 0) is 4.79 Å². The van der Waals surface area contributed by atoms with Crippen molar-refractivity contribution in [3.8, 4) is 0 Å². The highest BCUT2D eigenvalue weighted by Crippen LogP contribution is 2.21. The zero-order valence-electron chi connectivity index (χ0n) is 17.3. The van der Waals surface area contributed by atoms with Gasteiger partial charge >= 0.3 is 6.03 Å². The number of urea groups is 1. The lowest BCUT2D eigenvalue weighted by Gasteiger charge is -2.42. The van der Waals surface area contributed by atoms with Crippen LogP contribution in [0.3, 0.4) is 0 Å². The molecule has 0 aromatic heterocycles. The lowest BCUT2D eigenvalue weighted by molar-refractivity contribution is -0.132. The Morgan fingerprint density at radius 3 is 2.48 bits per heavy atom. The summed E-state index contributed by atoms with van der Waals surface area (Å²) in [6.45, 7) is 3.10. The quantitative estimate of drug-likeness (QED) is 0.659. The molecule has 4 amide bonds. The van der Waals surface area contributed by atoms with E-state index in [4.69, 9.17) is 17.3 Å². The third-order valence-electron chi connectivity index (χ3n) is 4.96. The van der Waals surface area contributed by atoms with Crippen LogP contribution in [-0.4, -0.2) is 60.0 Å². The number of nitrogens with one attached hydrogen (secondary N) is 2. The summed E-state index contributed by atoms with van der Waals surface area (Å²) in [6, 6.07) is 13.4. The fourth-order valence-corrected chi connectivity index (χ4v) is 3.63. The van der Waals surface area contributed by atoms with Crippen LogP contribution in [0.25, 0.3) is 0 Å². The Labute approximate surface area is 186 Å².